The van der Waals surface area contributed by atoms with Crippen molar-refractivity contribution < 1.29 is 18.8 Å². The van der Waals surface area contributed by atoms with Gasteiger partial charge in [0.05, 0.1) is 33.5 Å². The van der Waals surface area contributed by atoms with Gasteiger partial charge in [-0.15, -0.1) is 0 Å². The number of hydrogen-bond acceptors (Lipinski definition) is 3. The third-order valence-corrected chi connectivity index (χ3v) is 13.3. The molecule has 0 aliphatic carbocycles. The van der Waals surface area contributed by atoms with Crippen molar-refractivity contribution in [3.63, 3.8) is 0 Å². The molecule has 1 N–H and O–H groups in total. The van der Waals surface area contributed by atoms with Gasteiger partial charge in [0.1, 0.15) is 11.6 Å². The molecular weight excluding hydrogens is 851 g/mol. The number of nitrogens with zero attached hydrogens (tertiary/aromatic N) is 3. The van der Waals surface area contributed by atoms with E-state index in [2.05, 4.69) is 112 Å². The highest BCUT2D eigenvalue weighted by atomic mass is 16.3. The number of hydrogen-bond donors (Lipinski definition) is 1. The molecule has 2 aromatic heterocycles. The summed E-state index contributed by atoms with van der Waals surface area (Å²) in [5.74, 6) is 0.528. The molecule has 7 aromatic carbocycles. The molecule has 0 atom stereocenters. The van der Waals surface area contributed by atoms with Crippen molar-refractivity contribution in [2.24, 2.45) is 0 Å². The number of pyridine rings is 1. The van der Waals surface area contributed by atoms with Gasteiger partial charge in [-0.2, -0.15) is 0 Å². The number of aryl methyl sites for hydroxylation is 1. The molecule has 0 unspecified atom stereocenters. The second-order valence-corrected chi connectivity index (χ2v) is 22.7. The first kappa shape index (κ1) is 36.9. The minimum atomic E-state index is -2.85. The fourth-order valence-corrected chi connectivity index (χ4v) is 9.14. The quantitative estimate of drug-likeness (QED) is 0.173. The monoisotopic (exact) mass is 930 g/mol. The molecule has 0 bridgehead atoms. The normalized spacial score (nSPS) is 14.9. The fraction of sp³-hybridized carbons (Fsp3) is 0.273. The van der Waals surface area contributed by atoms with Crippen molar-refractivity contribution in [3.05, 3.63) is 191 Å². The summed E-state index contributed by atoms with van der Waals surface area (Å²) in [6.07, 6.45) is 1.55. The minimum Gasteiger partial charge on any atom is -0.507 e. The van der Waals surface area contributed by atoms with E-state index in [9.17, 15) is 5.11 Å². The van der Waals surface area contributed by atoms with Crippen LogP contribution in [0.15, 0.2) is 158 Å². The number of para-hydroxylation sites is 1. The van der Waals surface area contributed by atoms with Crippen LogP contribution in [0.2, 0.25) is 0 Å². The highest BCUT2D eigenvalue weighted by Crippen LogP contribution is 2.47. The van der Waals surface area contributed by atoms with E-state index in [4.69, 9.17) is 23.7 Å². The van der Waals surface area contributed by atoms with Crippen molar-refractivity contribution in [1.29, 1.82) is 0 Å². The second-order valence-electron chi connectivity index (χ2n) is 22.7. The molecule has 0 fully saturated rings. The van der Waals surface area contributed by atoms with Crippen molar-refractivity contribution in [2.75, 3.05) is 0 Å². The summed E-state index contributed by atoms with van der Waals surface area (Å²) >= 11 is 0. The first-order valence-electron chi connectivity index (χ1n) is 29.0. The van der Waals surface area contributed by atoms with Crippen LogP contribution in [0.25, 0.3) is 83.9 Å². The van der Waals surface area contributed by atoms with E-state index >= 15 is 0 Å². The molecule has 9 aromatic rings. The summed E-state index contributed by atoms with van der Waals surface area (Å²) in [5.41, 5.74) is 10.2. The lowest BCUT2D eigenvalue weighted by molar-refractivity contribution is 0.446. The number of phenolic OH excluding ortho intramolecular Hbond substituents is 1. The zero-order valence-corrected chi connectivity index (χ0v) is 42.5. The lowest BCUT2D eigenvalue weighted by Crippen LogP contribution is -2.17. The molecule has 0 aliphatic heterocycles. The van der Waals surface area contributed by atoms with E-state index in [1.807, 2.05) is 84.9 Å². The lowest BCUT2D eigenvalue weighted by Gasteiger charge is -2.28. The van der Waals surface area contributed by atoms with Crippen LogP contribution in [0.1, 0.15) is 130 Å². The Balaban J connectivity index is 1.40. The number of imidazole rings is 1. The highest BCUT2D eigenvalue weighted by molar-refractivity contribution is 5.98. The van der Waals surface area contributed by atoms with Crippen LogP contribution in [-0.2, 0) is 21.7 Å². The maximum Gasteiger partial charge on any atom is 0.149 e. The van der Waals surface area contributed by atoms with E-state index in [-0.39, 0.29) is 27.7 Å². The van der Waals surface area contributed by atoms with Crippen LogP contribution in [0.3, 0.4) is 0 Å². The molecule has 9 rings (SSSR count). The van der Waals surface area contributed by atoms with Gasteiger partial charge in [-0.3, -0.25) is 9.55 Å². The smallest absolute Gasteiger partial charge is 0.149 e. The molecule has 354 valence electrons. The van der Waals surface area contributed by atoms with Crippen LogP contribution < -0.4 is 0 Å². The number of aromatic hydroxyl groups is 1. The maximum absolute atomic E-state index is 12.8. The Morgan fingerprint density at radius 2 is 1.14 bits per heavy atom. The van der Waals surface area contributed by atoms with E-state index in [0.29, 0.717) is 56.1 Å². The zero-order chi connectivity index (χ0) is 58.6. The summed E-state index contributed by atoms with van der Waals surface area (Å²) in [4.78, 5) is 10.5. The molecule has 0 saturated carbocycles. The summed E-state index contributed by atoms with van der Waals surface area (Å²) in [6, 6.07) is 39.0. The van der Waals surface area contributed by atoms with E-state index in [1.165, 1.54) is 0 Å². The van der Waals surface area contributed by atoms with Crippen LogP contribution in [0, 0.1) is 13.7 Å². The van der Waals surface area contributed by atoms with Crippen molar-refractivity contribution in [2.45, 2.75) is 118 Å². The van der Waals surface area contributed by atoms with Gasteiger partial charge in [-0.05, 0) is 140 Å². The van der Waals surface area contributed by atoms with Gasteiger partial charge in [-0.25, -0.2) is 4.98 Å². The first-order valence-corrected chi connectivity index (χ1v) is 24.0. The van der Waals surface area contributed by atoms with Crippen molar-refractivity contribution >= 4 is 11.0 Å². The molecule has 0 radical (unpaired) electrons. The average molecular weight is 930 g/mol. The Labute approximate surface area is 431 Å². The first-order chi connectivity index (χ1) is 37.0. The van der Waals surface area contributed by atoms with Gasteiger partial charge in [-0.1, -0.05) is 192 Å². The molecule has 70 heavy (non-hydrogen) atoms. The van der Waals surface area contributed by atoms with Gasteiger partial charge in [0.2, 0.25) is 0 Å². The predicted molar refractivity (Wildman–Crippen MR) is 297 cm³/mol. The average Bonchev–Trinajstić information content (AvgIpc) is 4.01. The number of fused-ring (bicyclic) bond motifs is 1. The number of benzene rings is 7. The van der Waals surface area contributed by atoms with E-state index < -0.39 is 54.3 Å². The third kappa shape index (κ3) is 9.37. The van der Waals surface area contributed by atoms with E-state index in [1.54, 1.807) is 24.4 Å². The minimum absolute atomic E-state index is 0.0353. The van der Waals surface area contributed by atoms with Gasteiger partial charge in [0, 0.05) is 36.7 Å². The molecular formula is C66H69N3O. The van der Waals surface area contributed by atoms with Gasteiger partial charge < -0.3 is 5.11 Å². The Bertz CT molecular complexity index is 3850. The molecule has 2 heterocycles. The molecule has 0 amide bonds. The van der Waals surface area contributed by atoms with Crippen molar-refractivity contribution in [3.8, 4) is 78.6 Å². The Kier molecular flexibility index (Phi) is 9.34. The number of rotatable bonds is 7. The summed E-state index contributed by atoms with van der Waals surface area (Å²) in [7, 11) is 0. The zero-order valence-electron chi connectivity index (χ0n) is 52.5. The number of aromatic nitrogens is 3. The Morgan fingerprint density at radius 3 is 1.79 bits per heavy atom. The predicted octanol–water partition coefficient (Wildman–Crippen LogP) is 17.9. The van der Waals surface area contributed by atoms with Gasteiger partial charge in [0.15, 0.2) is 0 Å². The largest absolute Gasteiger partial charge is 0.507 e. The lowest BCUT2D eigenvalue weighted by atomic mass is 9.79. The molecule has 4 nitrogen and oxygen atoms in total. The Morgan fingerprint density at radius 1 is 0.486 bits per heavy atom. The second kappa shape index (κ2) is 17.7. The number of phenols is 1. The Hall–Kier alpha value is -7.04. The summed E-state index contributed by atoms with van der Waals surface area (Å²) in [5, 5.41) is 12.8. The molecule has 0 saturated heterocycles. The van der Waals surface area contributed by atoms with E-state index in [0.717, 1.165) is 44.5 Å². The van der Waals surface area contributed by atoms with Crippen LogP contribution in [-0.4, -0.2) is 19.6 Å². The topological polar surface area (TPSA) is 50.9 Å². The molecule has 0 aliphatic rings. The standard InChI is InChI=1S/C66H69N3O/c1-41-23-25-43(26-24-41)46-31-32-67-57(37-46)48-34-47(35-50(36-48)64(6,7)8)52-21-18-22-58-60(52)68-62(55-38-51(65(9,10)11)39-56(61(55)70)66(12,13)14)69(58)59-40-53(44-19-16-15-17-20-44)42(2)33-54(59)45-27-29-49(30-28-45)63(3,4)5/h15-40,70H,1-14H3/i1D3,2D3,23D,24D,25D,26D. The maximum atomic E-state index is 12.8. The van der Waals surface area contributed by atoms with Gasteiger partial charge >= 0.3 is 0 Å². The molecule has 0 spiro atoms. The van der Waals surface area contributed by atoms with Crippen LogP contribution in [0.5, 0.6) is 5.75 Å². The fourth-order valence-electron chi connectivity index (χ4n) is 9.14. The third-order valence-electron chi connectivity index (χ3n) is 13.3. The van der Waals surface area contributed by atoms with Crippen LogP contribution in [0.4, 0.5) is 0 Å². The summed E-state index contributed by atoms with van der Waals surface area (Å²) < 4.78 is 88.1. The van der Waals surface area contributed by atoms with Crippen molar-refractivity contribution in [1.82, 2.24) is 14.5 Å². The highest BCUT2D eigenvalue weighted by Gasteiger charge is 2.30. The summed E-state index contributed by atoms with van der Waals surface area (Å²) in [6.45, 7) is 20.1. The SMILES string of the molecule is [2H]c1c([2H])c(C([2H])([2H])[2H])c([2H])c([2H])c1-c1ccnc(-c2cc(-c3cccc4c3nc(-c3cc(C(C)(C)C)cc(C(C)(C)C)c3O)n4-c3cc(-c4ccccc4)c(C([2H])([2H])[2H])cc3-c3ccc(C(C)(C)C)cc3)cc(C(C)(C)C)c2)c1. The van der Waals surface area contributed by atoms with Crippen LogP contribution >= 0.6 is 0 Å². The van der Waals surface area contributed by atoms with Gasteiger partial charge in [0.25, 0.3) is 0 Å². The molecule has 4 heteroatoms.